The lowest BCUT2D eigenvalue weighted by molar-refractivity contribution is -0.123. The number of carbonyl (C=O) groups is 1. The Morgan fingerprint density at radius 1 is 1.55 bits per heavy atom. The molecule has 0 aromatic heterocycles. The minimum Gasteiger partial charge on any atom is -0.355 e. The molecule has 2 nitrogen and oxygen atoms in total. The Morgan fingerprint density at radius 2 is 2.18 bits per heavy atom. The van der Waals surface area contributed by atoms with E-state index in [-0.39, 0.29) is 11.8 Å². The summed E-state index contributed by atoms with van der Waals surface area (Å²) >= 11 is 1.85. The van der Waals surface area contributed by atoms with E-state index in [4.69, 9.17) is 0 Å². The first-order valence-electron chi connectivity index (χ1n) is 4.04. The molecule has 0 aromatic carbocycles. The average molecular weight is 175 g/mol. The molecule has 1 N–H and O–H groups in total. The molecular weight excluding hydrogens is 158 g/mol. The minimum atomic E-state index is 0.113. The summed E-state index contributed by atoms with van der Waals surface area (Å²) in [6.07, 6.45) is 0. The first-order valence-corrected chi connectivity index (χ1v) is 5.19. The number of amides is 1. The van der Waals surface area contributed by atoms with Gasteiger partial charge in [0.15, 0.2) is 0 Å². The third kappa shape index (κ3) is 6.23. The largest absolute Gasteiger partial charge is 0.355 e. The molecule has 0 aliphatic rings. The molecule has 66 valence electrons. The van der Waals surface area contributed by atoms with Gasteiger partial charge in [0, 0.05) is 18.2 Å². The van der Waals surface area contributed by atoms with Crippen LogP contribution in [0.3, 0.4) is 0 Å². The number of hydrogen-bond acceptors (Lipinski definition) is 2. The van der Waals surface area contributed by atoms with Gasteiger partial charge in [0.1, 0.15) is 0 Å². The fourth-order valence-electron chi connectivity index (χ4n) is 0.595. The molecule has 0 spiro atoms. The van der Waals surface area contributed by atoms with Crippen LogP contribution in [0.25, 0.3) is 0 Å². The summed E-state index contributed by atoms with van der Waals surface area (Å²) in [5.74, 6) is 2.41. The van der Waals surface area contributed by atoms with E-state index in [9.17, 15) is 4.79 Å². The molecule has 0 unspecified atom stereocenters. The Bertz CT molecular complexity index is 115. The average Bonchev–Trinajstić information content (AvgIpc) is 1.97. The lowest BCUT2D eigenvalue weighted by atomic mass is 10.2. The highest BCUT2D eigenvalue weighted by atomic mass is 32.2. The molecule has 0 heterocycles. The number of carbonyl (C=O) groups excluding carboxylic acids is 1. The van der Waals surface area contributed by atoms with Gasteiger partial charge in [0.05, 0.1) is 0 Å². The Morgan fingerprint density at radius 3 is 2.64 bits per heavy atom. The quantitative estimate of drug-likeness (QED) is 0.642. The third-order valence-electron chi connectivity index (χ3n) is 1.27. The van der Waals surface area contributed by atoms with Crippen LogP contribution in [-0.4, -0.2) is 24.0 Å². The van der Waals surface area contributed by atoms with Crippen molar-refractivity contribution in [2.24, 2.45) is 5.92 Å². The Hall–Kier alpha value is -0.180. The van der Waals surface area contributed by atoms with Gasteiger partial charge in [-0.2, -0.15) is 11.8 Å². The van der Waals surface area contributed by atoms with E-state index in [0.29, 0.717) is 0 Å². The summed E-state index contributed by atoms with van der Waals surface area (Å²) in [5, 5.41) is 2.86. The Balaban J connectivity index is 3.18. The van der Waals surface area contributed by atoms with Gasteiger partial charge >= 0.3 is 0 Å². The van der Waals surface area contributed by atoms with Crippen LogP contribution in [0.1, 0.15) is 20.8 Å². The second-order valence-corrected chi connectivity index (χ2v) is 4.04. The van der Waals surface area contributed by atoms with Crippen LogP contribution < -0.4 is 5.32 Å². The molecule has 0 fully saturated rings. The molecule has 0 saturated heterocycles. The Kier molecular flexibility index (Phi) is 6.42. The zero-order valence-corrected chi connectivity index (χ0v) is 8.33. The molecular formula is C8H17NOS. The molecule has 0 aliphatic heterocycles. The van der Waals surface area contributed by atoms with Crippen molar-refractivity contribution in [3.8, 4) is 0 Å². The first-order chi connectivity index (χ1) is 5.18. The highest BCUT2D eigenvalue weighted by Gasteiger charge is 2.03. The van der Waals surface area contributed by atoms with E-state index in [1.54, 1.807) is 0 Å². The van der Waals surface area contributed by atoms with Gasteiger partial charge in [-0.3, -0.25) is 4.79 Å². The predicted molar refractivity (Wildman–Crippen MR) is 50.8 cm³/mol. The second-order valence-electron chi connectivity index (χ2n) is 2.64. The molecule has 0 radical (unpaired) electrons. The van der Waals surface area contributed by atoms with E-state index >= 15 is 0 Å². The van der Waals surface area contributed by atoms with Gasteiger partial charge < -0.3 is 5.32 Å². The van der Waals surface area contributed by atoms with Crippen molar-refractivity contribution in [3.63, 3.8) is 0 Å². The summed E-state index contributed by atoms with van der Waals surface area (Å²) in [5.41, 5.74) is 0. The van der Waals surface area contributed by atoms with Crippen LogP contribution in [0.2, 0.25) is 0 Å². The van der Waals surface area contributed by atoms with Crippen LogP contribution in [-0.2, 0) is 4.79 Å². The lowest BCUT2D eigenvalue weighted by Crippen LogP contribution is -2.29. The van der Waals surface area contributed by atoms with Gasteiger partial charge in [0.25, 0.3) is 0 Å². The molecule has 0 saturated carbocycles. The number of thioether (sulfide) groups is 1. The monoisotopic (exact) mass is 175 g/mol. The maximum absolute atomic E-state index is 11.0. The van der Waals surface area contributed by atoms with Crippen LogP contribution in [0.5, 0.6) is 0 Å². The maximum atomic E-state index is 11.0. The van der Waals surface area contributed by atoms with Gasteiger partial charge in [-0.25, -0.2) is 0 Å². The van der Waals surface area contributed by atoms with Crippen LogP contribution in [0.4, 0.5) is 0 Å². The summed E-state index contributed by atoms with van der Waals surface area (Å²) in [4.78, 5) is 11.0. The van der Waals surface area contributed by atoms with E-state index < -0.39 is 0 Å². The molecule has 11 heavy (non-hydrogen) atoms. The van der Waals surface area contributed by atoms with Gasteiger partial charge in [-0.1, -0.05) is 20.8 Å². The zero-order chi connectivity index (χ0) is 8.69. The normalized spacial score (nSPS) is 10.2. The van der Waals surface area contributed by atoms with E-state index in [1.807, 2.05) is 25.6 Å². The van der Waals surface area contributed by atoms with Crippen molar-refractivity contribution in [3.05, 3.63) is 0 Å². The Labute approximate surface area is 73.1 Å². The van der Waals surface area contributed by atoms with E-state index in [1.165, 1.54) is 0 Å². The zero-order valence-electron chi connectivity index (χ0n) is 7.52. The third-order valence-corrected chi connectivity index (χ3v) is 2.18. The van der Waals surface area contributed by atoms with Crippen molar-refractivity contribution < 1.29 is 4.79 Å². The first kappa shape index (κ1) is 10.8. The molecule has 1 amide bonds. The van der Waals surface area contributed by atoms with Crippen molar-refractivity contribution in [2.75, 3.05) is 18.1 Å². The highest BCUT2D eigenvalue weighted by Crippen LogP contribution is 1.96. The van der Waals surface area contributed by atoms with Crippen LogP contribution >= 0.6 is 11.8 Å². The fraction of sp³-hybridized carbons (Fsp3) is 0.875. The summed E-state index contributed by atoms with van der Waals surface area (Å²) in [6, 6.07) is 0. The SMILES string of the molecule is CCSCCNC(=O)C(C)C. The molecule has 0 bridgehead atoms. The highest BCUT2D eigenvalue weighted by molar-refractivity contribution is 7.99. The molecule has 0 rings (SSSR count). The van der Waals surface area contributed by atoms with Crippen molar-refractivity contribution >= 4 is 17.7 Å². The minimum absolute atomic E-state index is 0.113. The van der Waals surface area contributed by atoms with Gasteiger partial charge in [-0.15, -0.1) is 0 Å². The molecule has 0 atom stereocenters. The van der Waals surface area contributed by atoms with Gasteiger partial charge in [-0.05, 0) is 5.75 Å². The maximum Gasteiger partial charge on any atom is 0.222 e. The van der Waals surface area contributed by atoms with Gasteiger partial charge in [0.2, 0.25) is 5.91 Å². The van der Waals surface area contributed by atoms with E-state index in [0.717, 1.165) is 18.1 Å². The van der Waals surface area contributed by atoms with Crippen molar-refractivity contribution in [1.29, 1.82) is 0 Å². The summed E-state index contributed by atoms with van der Waals surface area (Å²) in [6.45, 7) is 6.73. The smallest absolute Gasteiger partial charge is 0.222 e. The topological polar surface area (TPSA) is 29.1 Å². The number of nitrogens with one attached hydrogen (secondary N) is 1. The van der Waals surface area contributed by atoms with Crippen LogP contribution in [0, 0.1) is 5.92 Å². The predicted octanol–water partition coefficient (Wildman–Crippen LogP) is 1.51. The second kappa shape index (κ2) is 6.53. The van der Waals surface area contributed by atoms with Crippen LogP contribution in [0.15, 0.2) is 0 Å². The lowest BCUT2D eigenvalue weighted by Gasteiger charge is -2.05. The number of hydrogen-bond donors (Lipinski definition) is 1. The summed E-state index contributed by atoms with van der Waals surface area (Å²) < 4.78 is 0. The molecule has 0 aliphatic carbocycles. The summed E-state index contributed by atoms with van der Waals surface area (Å²) in [7, 11) is 0. The fourth-order valence-corrected chi connectivity index (χ4v) is 1.13. The standard InChI is InChI=1S/C8H17NOS/c1-4-11-6-5-9-8(10)7(2)3/h7H,4-6H2,1-3H3,(H,9,10). The molecule has 0 aromatic rings. The number of rotatable bonds is 5. The van der Waals surface area contributed by atoms with Crippen molar-refractivity contribution in [2.45, 2.75) is 20.8 Å². The van der Waals surface area contributed by atoms with E-state index in [2.05, 4.69) is 12.2 Å². The van der Waals surface area contributed by atoms with Crippen molar-refractivity contribution in [1.82, 2.24) is 5.32 Å². The molecule has 3 heteroatoms.